The lowest BCUT2D eigenvalue weighted by Gasteiger charge is -2.08. The monoisotopic (exact) mass is 361 g/mol. The molecule has 0 saturated heterocycles. The van der Waals surface area contributed by atoms with Crippen molar-refractivity contribution in [2.75, 3.05) is 26.6 Å². The van der Waals surface area contributed by atoms with Gasteiger partial charge in [-0.15, -0.1) is 11.3 Å². The number of fused-ring (bicyclic) bond motifs is 1. The number of ether oxygens (including phenoxy) is 2. The van der Waals surface area contributed by atoms with Crippen LogP contribution in [-0.4, -0.2) is 38.1 Å². The van der Waals surface area contributed by atoms with Gasteiger partial charge in [0.1, 0.15) is 11.5 Å². The molecule has 0 fully saturated rings. The van der Waals surface area contributed by atoms with Crippen LogP contribution in [0.4, 0.5) is 5.13 Å². The molecule has 0 spiro atoms. The number of nitrogens with zero attached hydrogens (tertiary/aromatic N) is 1. The van der Waals surface area contributed by atoms with Gasteiger partial charge in [-0.25, -0.2) is 4.98 Å². The minimum Gasteiger partial charge on any atom is -0.497 e. The SMILES string of the molecule is CNC(=O)C1CCc2sc(NC(=O)c3cc(OC)cc(OC)c3)nc21. The van der Waals surface area contributed by atoms with Crippen molar-refractivity contribution in [2.24, 2.45) is 0 Å². The summed E-state index contributed by atoms with van der Waals surface area (Å²) < 4.78 is 10.4. The number of carbonyl (C=O) groups excluding carboxylic acids is 2. The van der Waals surface area contributed by atoms with Crippen LogP contribution in [0.3, 0.4) is 0 Å². The average molecular weight is 361 g/mol. The molecule has 1 aliphatic rings. The van der Waals surface area contributed by atoms with Crippen molar-refractivity contribution in [3.05, 3.63) is 34.3 Å². The van der Waals surface area contributed by atoms with E-state index in [9.17, 15) is 9.59 Å². The summed E-state index contributed by atoms with van der Waals surface area (Å²) in [6, 6.07) is 4.96. The lowest BCUT2D eigenvalue weighted by atomic mass is 10.1. The number of rotatable bonds is 5. The summed E-state index contributed by atoms with van der Waals surface area (Å²) in [6.45, 7) is 0. The molecule has 3 rings (SSSR count). The first-order chi connectivity index (χ1) is 12.0. The third-order valence-electron chi connectivity index (χ3n) is 4.11. The summed E-state index contributed by atoms with van der Waals surface area (Å²) in [5.41, 5.74) is 1.18. The maximum atomic E-state index is 12.5. The molecule has 2 N–H and O–H groups in total. The predicted molar refractivity (Wildman–Crippen MR) is 94.7 cm³/mol. The molecule has 0 aliphatic heterocycles. The molecule has 7 nitrogen and oxygen atoms in total. The van der Waals surface area contributed by atoms with E-state index < -0.39 is 0 Å². The van der Waals surface area contributed by atoms with Gasteiger partial charge in [0.15, 0.2) is 5.13 Å². The molecule has 1 aromatic carbocycles. The fraction of sp³-hybridized carbons (Fsp3) is 0.353. The van der Waals surface area contributed by atoms with E-state index in [1.807, 2.05) is 0 Å². The maximum Gasteiger partial charge on any atom is 0.257 e. The Labute approximate surface area is 149 Å². The number of thiazole rings is 1. The number of anilines is 1. The largest absolute Gasteiger partial charge is 0.497 e. The number of hydrogen-bond donors (Lipinski definition) is 2. The van der Waals surface area contributed by atoms with Crippen molar-refractivity contribution in [3.8, 4) is 11.5 Å². The standard InChI is InChI=1S/C17H19N3O4S/c1-18-16(22)12-4-5-13-14(12)19-17(25-13)20-15(21)9-6-10(23-2)8-11(7-9)24-3/h6-8,12H,4-5H2,1-3H3,(H,18,22)(H,19,20,21). The van der Waals surface area contributed by atoms with Crippen LogP contribution in [-0.2, 0) is 11.2 Å². The molecule has 1 aromatic heterocycles. The van der Waals surface area contributed by atoms with Crippen LogP contribution in [0.5, 0.6) is 11.5 Å². The lowest BCUT2D eigenvalue weighted by molar-refractivity contribution is -0.122. The zero-order valence-electron chi connectivity index (χ0n) is 14.2. The van der Waals surface area contributed by atoms with E-state index in [0.717, 1.165) is 23.4 Å². The van der Waals surface area contributed by atoms with E-state index in [1.54, 1.807) is 25.2 Å². The van der Waals surface area contributed by atoms with E-state index in [2.05, 4.69) is 15.6 Å². The topological polar surface area (TPSA) is 89.6 Å². The highest BCUT2D eigenvalue weighted by Crippen LogP contribution is 2.38. The lowest BCUT2D eigenvalue weighted by Crippen LogP contribution is -2.24. The first-order valence-electron chi connectivity index (χ1n) is 7.81. The minimum absolute atomic E-state index is 0.0422. The van der Waals surface area contributed by atoms with Crippen molar-refractivity contribution < 1.29 is 19.1 Å². The predicted octanol–water partition coefficient (Wildman–Crippen LogP) is 2.19. The Morgan fingerprint density at radius 2 is 1.88 bits per heavy atom. The molecule has 8 heteroatoms. The maximum absolute atomic E-state index is 12.5. The summed E-state index contributed by atoms with van der Waals surface area (Å²) in [4.78, 5) is 29.9. The van der Waals surface area contributed by atoms with Crippen LogP contribution in [0.25, 0.3) is 0 Å². The summed E-state index contributed by atoms with van der Waals surface area (Å²) in [5, 5.41) is 5.94. The fourth-order valence-corrected chi connectivity index (χ4v) is 3.85. The van der Waals surface area contributed by atoms with Gasteiger partial charge in [-0.3, -0.25) is 14.9 Å². The van der Waals surface area contributed by atoms with Gasteiger partial charge in [0.05, 0.1) is 25.8 Å². The van der Waals surface area contributed by atoms with Crippen LogP contribution in [0.1, 0.15) is 33.3 Å². The number of likely N-dealkylation sites (N-methyl/N-ethyl adjacent to an activating group) is 1. The highest BCUT2D eigenvalue weighted by Gasteiger charge is 2.32. The smallest absolute Gasteiger partial charge is 0.257 e. The number of methoxy groups -OCH3 is 2. The quantitative estimate of drug-likeness (QED) is 0.852. The van der Waals surface area contributed by atoms with E-state index in [1.165, 1.54) is 25.6 Å². The number of benzene rings is 1. The van der Waals surface area contributed by atoms with Crippen molar-refractivity contribution in [1.29, 1.82) is 0 Å². The molecule has 2 amide bonds. The Bertz CT molecular complexity index is 796. The number of hydrogen-bond acceptors (Lipinski definition) is 6. The van der Waals surface area contributed by atoms with Crippen LogP contribution in [0.2, 0.25) is 0 Å². The highest BCUT2D eigenvalue weighted by molar-refractivity contribution is 7.16. The van der Waals surface area contributed by atoms with Gasteiger partial charge in [-0.2, -0.15) is 0 Å². The molecule has 0 radical (unpaired) electrons. The number of amides is 2. The van der Waals surface area contributed by atoms with Crippen molar-refractivity contribution in [1.82, 2.24) is 10.3 Å². The molecule has 1 heterocycles. The second kappa shape index (κ2) is 7.10. The summed E-state index contributed by atoms with van der Waals surface area (Å²) in [6.07, 6.45) is 1.56. The molecular formula is C17H19N3O4S. The second-order valence-electron chi connectivity index (χ2n) is 5.59. The number of nitrogens with one attached hydrogen (secondary N) is 2. The average Bonchev–Trinajstić information content (AvgIpc) is 3.20. The van der Waals surface area contributed by atoms with Gasteiger partial charge < -0.3 is 14.8 Å². The molecule has 132 valence electrons. The van der Waals surface area contributed by atoms with E-state index in [4.69, 9.17) is 9.47 Å². The first-order valence-corrected chi connectivity index (χ1v) is 8.63. The van der Waals surface area contributed by atoms with Crippen LogP contribution in [0, 0.1) is 0 Å². The molecule has 1 atom stereocenters. The van der Waals surface area contributed by atoms with E-state index >= 15 is 0 Å². The van der Waals surface area contributed by atoms with Gasteiger partial charge >= 0.3 is 0 Å². The fourth-order valence-electron chi connectivity index (χ4n) is 2.82. The van der Waals surface area contributed by atoms with Crippen molar-refractivity contribution >= 4 is 28.3 Å². The van der Waals surface area contributed by atoms with Gasteiger partial charge in [0, 0.05) is 23.6 Å². The van der Waals surface area contributed by atoms with Gasteiger partial charge in [-0.1, -0.05) is 0 Å². The summed E-state index contributed by atoms with van der Waals surface area (Å²) in [7, 11) is 4.67. The number of aryl methyl sites for hydroxylation is 1. The van der Waals surface area contributed by atoms with E-state index in [0.29, 0.717) is 22.2 Å². The van der Waals surface area contributed by atoms with Crippen molar-refractivity contribution in [3.63, 3.8) is 0 Å². The molecule has 25 heavy (non-hydrogen) atoms. The van der Waals surface area contributed by atoms with Gasteiger partial charge in [0.25, 0.3) is 5.91 Å². The Morgan fingerprint density at radius 1 is 1.20 bits per heavy atom. The summed E-state index contributed by atoms with van der Waals surface area (Å²) >= 11 is 1.41. The van der Waals surface area contributed by atoms with Crippen LogP contribution in [0.15, 0.2) is 18.2 Å². The van der Waals surface area contributed by atoms with Crippen molar-refractivity contribution in [2.45, 2.75) is 18.8 Å². The molecule has 2 aromatic rings. The third kappa shape index (κ3) is 3.43. The highest BCUT2D eigenvalue weighted by atomic mass is 32.1. The Balaban J connectivity index is 1.80. The Kier molecular flexibility index (Phi) is 4.89. The summed E-state index contributed by atoms with van der Waals surface area (Å²) in [5.74, 6) is 0.482. The Hall–Kier alpha value is -2.61. The molecule has 0 bridgehead atoms. The van der Waals surface area contributed by atoms with Gasteiger partial charge in [-0.05, 0) is 25.0 Å². The normalized spacial score (nSPS) is 15.4. The van der Waals surface area contributed by atoms with Crippen LogP contribution >= 0.6 is 11.3 Å². The number of aromatic nitrogens is 1. The third-order valence-corrected chi connectivity index (χ3v) is 5.16. The molecule has 1 unspecified atom stereocenters. The molecule has 1 aliphatic carbocycles. The first kappa shape index (κ1) is 17.2. The zero-order valence-corrected chi connectivity index (χ0v) is 15.0. The number of carbonyl (C=O) groups is 2. The van der Waals surface area contributed by atoms with Crippen LogP contribution < -0.4 is 20.1 Å². The zero-order chi connectivity index (χ0) is 18.0. The molecular weight excluding hydrogens is 342 g/mol. The Morgan fingerprint density at radius 3 is 2.48 bits per heavy atom. The van der Waals surface area contributed by atoms with Gasteiger partial charge in [0.2, 0.25) is 5.91 Å². The second-order valence-corrected chi connectivity index (χ2v) is 6.67. The minimum atomic E-state index is -0.305. The molecule has 0 saturated carbocycles. The van der Waals surface area contributed by atoms with E-state index in [-0.39, 0.29) is 17.7 Å².